The first-order chi connectivity index (χ1) is 24.4. The molecule has 0 saturated carbocycles. The lowest BCUT2D eigenvalue weighted by molar-refractivity contribution is -0.140. The molecule has 1 rings (SSSR count). The van der Waals surface area contributed by atoms with Crippen molar-refractivity contribution in [2.75, 3.05) is 132 Å². The van der Waals surface area contributed by atoms with Crippen LogP contribution in [0.3, 0.4) is 0 Å². The molecular formula is C32H59N7O12. The first-order valence-corrected chi connectivity index (χ1v) is 17.5. The molecule has 1 heterocycles. The van der Waals surface area contributed by atoms with Gasteiger partial charge in [0.05, 0.1) is 46.0 Å². The summed E-state index contributed by atoms with van der Waals surface area (Å²) in [5, 5.41) is 36.5. The van der Waals surface area contributed by atoms with E-state index in [-0.39, 0.29) is 104 Å². The third-order valence-corrected chi connectivity index (χ3v) is 7.80. The van der Waals surface area contributed by atoms with Gasteiger partial charge in [-0.1, -0.05) is 6.92 Å². The standard InChI is InChI=1S/C32H59N7O12/c1-3-17-50-20-21-51-18-4-7-34-32(48)26(5-6-27(40)33-8-19-49-2)35-28(41)22-36-9-11-37(23-29(42)43)13-15-39(25-31(46)47)16-14-38(12-10-36)24-30(44)45/h26H,3-25H2,1-2H3,(H,33,40)(H,34,48)(H,35,41)(H,42,43)(H,44,45)(H,46,47). The summed E-state index contributed by atoms with van der Waals surface area (Å²) in [6.45, 7) is 5.79. The number of carbonyl (C=O) groups excluding carboxylic acids is 3. The predicted octanol–water partition coefficient (Wildman–Crippen LogP) is -2.56. The Kier molecular flexibility index (Phi) is 25.2. The molecule has 1 aliphatic rings. The summed E-state index contributed by atoms with van der Waals surface area (Å²) < 4.78 is 15.8. The maximum atomic E-state index is 13.4. The van der Waals surface area contributed by atoms with Crippen LogP contribution in [0.25, 0.3) is 0 Å². The van der Waals surface area contributed by atoms with E-state index < -0.39 is 35.8 Å². The summed E-state index contributed by atoms with van der Waals surface area (Å²) in [4.78, 5) is 80.2. The molecule has 6 N–H and O–H groups in total. The van der Waals surface area contributed by atoms with Gasteiger partial charge in [-0.15, -0.1) is 0 Å². The van der Waals surface area contributed by atoms with E-state index >= 15 is 0 Å². The highest BCUT2D eigenvalue weighted by molar-refractivity contribution is 5.89. The minimum absolute atomic E-state index is 0.0279. The number of aliphatic carboxylic acids is 3. The monoisotopic (exact) mass is 733 g/mol. The fraction of sp³-hybridized carbons (Fsp3) is 0.812. The van der Waals surface area contributed by atoms with Gasteiger partial charge in [0.2, 0.25) is 17.7 Å². The van der Waals surface area contributed by atoms with Crippen LogP contribution in [0.2, 0.25) is 0 Å². The summed E-state index contributed by atoms with van der Waals surface area (Å²) in [5.74, 6) is -4.43. The zero-order valence-electron chi connectivity index (χ0n) is 30.1. The van der Waals surface area contributed by atoms with E-state index in [1.165, 1.54) is 7.11 Å². The first-order valence-electron chi connectivity index (χ1n) is 17.5. The summed E-state index contributed by atoms with van der Waals surface area (Å²) in [6.07, 6.45) is 1.45. The Bertz CT molecular complexity index is 1020. The molecule has 19 nitrogen and oxygen atoms in total. The second-order valence-electron chi connectivity index (χ2n) is 12.2. The van der Waals surface area contributed by atoms with Crippen molar-refractivity contribution in [1.29, 1.82) is 0 Å². The Morgan fingerprint density at radius 2 is 1.08 bits per heavy atom. The molecule has 1 saturated heterocycles. The Labute approximate surface area is 299 Å². The van der Waals surface area contributed by atoms with Gasteiger partial charge in [0, 0.05) is 92.2 Å². The number of carbonyl (C=O) groups is 6. The highest BCUT2D eigenvalue weighted by atomic mass is 16.5. The van der Waals surface area contributed by atoms with E-state index in [2.05, 4.69) is 16.0 Å². The molecule has 0 aromatic rings. The van der Waals surface area contributed by atoms with Crippen LogP contribution in [-0.2, 0) is 43.0 Å². The molecule has 0 aliphatic carbocycles. The number of methoxy groups -OCH3 is 1. The molecule has 1 fully saturated rings. The van der Waals surface area contributed by atoms with Crippen molar-refractivity contribution in [2.24, 2.45) is 0 Å². The van der Waals surface area contributed by atoms with Crippen molar-refractivity contribution in [1.82, 2.24) is 35.6 Å². The molecule has 19 heteroatoms. The molecule has 0 bridgehead atoms. The fourth-order valence-electron chi connectivity index (χ4n) is 5.13. The number of carboxylic acid groups (broad SMARTS) is 3. The van der Waals surface area contributed by atoms with Crippen LogP contribution in [0, 0.1) is 0 Å². The summed E-state index contributed by atoms with van der Waals surface area (Å²) in [5.41, 5.74) is 0. The van der Waals surface area contributed by atoms with E-state index in [9.17, 15) is 44.1 Å². The third kappa shape index (κ3) is 24.4. The number of amides is 3. The van der Waals surface area contributed by atoms with Gasteiger partial charge in [-0.2, -0.15) is 0 Å². The lowest BCUT2D eigenvalue weighted by atomic mass is 10.1. The quantitative estimate of drug-likeness (QED) is 0.0529. The minimum Gasteiger partial charge on any atom is -0.480 e. The van der Waals surface area contributed by atoms with E-state index in [1.54, 1.807) is 19.6 Å². The Balaban J connectivity index is 2.96. The molecule has 1 aliphatic heterocycles. The molecule has 51 heavy (non-hydrogen) atoms. The maximum absolute atomic E-state index is 13.4. The average molecular weight is 734 g/mol. The Morgan fingerprint density at radius 1 is 0.608 bits per heavy atom. The Morgan fingerprint density at radius 3 is 1.53 bits per heavy atom. The first kappa shape index (κ1) is 45.6. The van der Waals surface area contributed by atoms with Gasteiger partial charge in [0.25, 0.3) is 0 Å². The Hall–Kier alpha value is -3.46. The number of hydrogen-bond acceptors (Lipinski definition) is 13. The third-order valence-electron chi connectivity index (χ3n) is 7.80. The van der Waals surface area contributed by atoms with Gasteiger partial charge >= 0.3 is 17.9 Å². The molecule has 0 radical (unpaired) electrons. The van der Waals surface area contributed by atoms with E-state index in [1.807, 2.05) is 6.92 Å². The zero-order chi connectivity index (χ0) is 37.9. The van der Waals surface area contributed by atoms with Crippen LogP contribution < -0.4 is 16.0 Å². The van der Waals surface area contributed by atoms with Crippen LogP contribution in [-0.4, -0.2) is 208 Å². The second kappa shape index (κ2) is 28.2. The summed E-state index contributed by atoms with van der Waals surface area (Å²) >= 11 is 0. The van der Waals surface area contributed by atoms with Crippen LogP contribution >= 0.6 is 0 Å². The number of rotatable bonds is 25. The SMILES string of the molecule is CCCOCCOCCCNC(=O)C(CCC(=O)NCCOC)NC(=O)CN1CCN(CC(=O)O)CCN(CC(=O)O)CCN(CC(=O)O)CC1. The van der Waals surface area contributed by atoms with Gasteiger partial charge in [-0.05, 0) is 19.3 Å². The minimum atomic E-state index is -1.06. The van der Waals surface area contributed by atoms with Crippen molar-refractivity contribution in [3.05, 3.63) is 0 Å². The van der Waals surface area contributed by atoms with Crippen molar-refractivity contribution in [3.63, 3.8) is 0 Å². The molecule has 294 valence electrons. The van der Waals surface area contributed by atoms with Gasteiger partial charge in [0.15, 0.2) is 0 Å². The smallest absolute Gasteiger partial charge is 0.317 e. The highest BCUT2D eigenvalue weighted by Crippen LogP contribution is 2.04. The van der Waals surface area contributed by atoms with Crippen LogP contribution in [0.15, 0.2) is 0 Å². The van der Waals surface area contributed by atoms with Gasteiger partial charge in [0.1, 0.15) is 6.04 Å². The van der Waals surface area contributed by atoms with Crippen LogP contribution in [0.1, 0.15) is 32.6 Å². The molecule has 3 amide bonds. The van der Waals surface area contributed by atoms with Crippen molar-refractivity contribution < 1.29 is 58.3 Å². The number of ether oxygens (including phenoxy) is 3. The lowest BCUT2D eigenvalue weighted by Gasteiger charge is -2.33. The topological polar surface area (TPSA) is 240 Å². The number of nitrogens with one attached hydrogen (secondary N) is 3. The van der Waals surface area contributed by atoms with Gasteiger partial charge in [-0.3, -0.25) is 48.4 Å². The van der Waals surface area contributed by atoms with Crippen molar-refractivity contribution >= 4 is 35.6 Å². The van der Waals surface area contributed by atoms with Crippen LogP contribution in [0.5, 0.6) is 0 Å². The molecule has 0 aromatic carbocycles. The number of nitrogens with zero attached hydrogens (tertiary/aromatic N) is 4. The normalized spacial score (nSPS) is 16.4. The zero-order valence-corrected chi connectivity index (χ0v) is 30.1. The molecular weight excluding hydrogens is 674 g/mol. The summed E-state index contributed by atoms with van der Waals surface area (Å²) in [7, 11) is 1.51. The molecule has 0 spiro atoms. The van der Waals surface area contributed by atoms with Crippen molar-refractivity contribution in [2.45, 2.75) is 38.6 Å². The fourth-order valence-corrected chi connectivity index (χ4v) is 5.13. The molecule has 1 unspecified atom stereocenters. The largest absolute Gasteiger partial charge is 0.480 e. The maximum Gasteiger partial charge on any atom is 0.317 e. The second-order valence-corrected chi connectivity index (χ2v) is 12.2. The van der Waals surface area contributed by atoms with E-state index in [0.29, 0.717) is 46.0 Å². The van der Waals surface area contributed by atoms with Crippen LogP contribution in [0.4, 0.5) is 0 Å². The number of hydrogen-bond donors (Lipinski definition) is 6. The average Bonchev–Trinajstić information content (AvgIpc) is 3.06. The van der Waals surface area contributed by atoms with E-state index in [4.69, 9.17) is 14.2 Å². The highest BCUT2D eigenvalue weighted by Gasteiger charge is 2.25. The van der Waals surface area contributed by atoms with Gasteiger partial charge in [-0.25, -0.2) is 0 Å². The number of carboxylic acids is 3. The van der Waals surface area contributed by atoms with E-state index in [0.717, 1.165) is 6.42 Å². The van der Waals surface area contributed by atoms with Crippen molar-refractivity contribution in [3.8, 4) is 0 Å². The summed E-state index contributed by atoms with van der Waals surface area (Å²) in [6, 6.07) is -1.02. The molecule has 1 atom stereocenters. The predicted molar refractivity (Wildman–Crippen MR) is 184 cm³/mol. The van der Waals surface area contributed by atoms with Gasteiger partial charge < -0.3 is 45.5 Å². The lowest BCUT2D eigenvalue weighted by Crippen LogP contribution is -2.52. The molecule has 0 aromatic heterocycles.